The van der Waals surface area contributed by atoms with Gasteiger partial charge in [-0.25, -0.2) is 0 Å². The van der Waals surface area contributed by atoms with Gasteiger partial charge in [0.05, 0.1) is 6.10 Å². The van der Waals surface area contributed by atoms with Crippen LogP contribution >= 0.6 is 0 Å². The zero-order valence-electron chi connectivity index (χ0n) is 19.7. The predicted molar refractivity (Wildman–Crippen MR) is 123 cm³/mol. The van der Waals surface area contributed by atoms with Crippen molar-refractivity contribution in [1.29, 1.82) is 0 Å². The number of hydrogen-bond donors (Lipinski definition) is 1. The quantitative estimate of drug-likeness (QED) is 0.493. The third-order valence-corrected chi connectivity index (χ3v) is 10.0. The molecule has 0 aromatic rings. The molecule has 0 radical (unpaired) electrons. The molecular weight excluding hydrogens is 352 g/mol. The fraction of sp³-hybridized carbons (Fsp3) is 0.786. The van der Waals surface area contributed by atoms with Gasteiger partial charge in [0.25, 0.3) is 0 Å². The highest BCUT2D eigenvalue weighted by Crippen LogP contribution is 2.65. The third kappa shape index (κ3) is 3.50. The Balaban J connectivity index is 1.57. The number of aliphatic hydroxyl groups excluding tert-OH is 1. The monoisotopic (exact) mass is 396 g/mol. The average Bonchev–Trinajstić information content (AvgIpc) is 3.03. The third-order valence-electron chi connectivity index (χ3n) is 10.0. The molecule has 1 nitrogen and oxygen atoms in total. The minimum atomic E-state index is -0.116. The minimum Gasteiger partial charge on any atom is -0.393 e. The Hall–Kier alpha value is -0.820. The fourth-order valence-electron chi connectivity index (χ4n) is 7.59. The lowest BCUT2D eigenvalue weighted by atomic mass is 9.50. The van der Waals surface area contributed by atoms with Crippen molar-refractivity contribution in [1.82, 2.24) is 0 Å². The number of fused-ring (bicyclic) bond motifs is 5. The van der Waals surface area contributed by atoms with Crippen LogP contribution in [0.25, 0.3) is 0 Å². The van der Waals surface area contributed by atoms with Crippen molar-refractivity contribution in [3.63, 3.8) is 0 Å². The maximum atomic E-state index is 10.2. The molecule has 29 heavy (non-hydrogen) atoms. The summed E-state index contributed by atoms with van der Waals surface area (Å²) in [5.41, 5.74) is 4.07. The van der Waals surface area contributed by atoms with Crippen molar-refractivity contribution in [3.8, 4) is 0 Å². The molecule has 3 fully saturated rings. The van der Waals surface area contributed by atoms with Gasteiger partial charge >= 0.3 is 0 Å². The van der Waals surface area contributed by atoms with E-state index in [1.165, 1.54) is 37.7 Å². The molecule has 0 heterocycles. The Labute approximate surface area is 179 Å². The summed E-state index contributed by atoms with van der Waals surface area (Å²) in [4.78, 5) is 0. The van der Waals surface area contributed by atoms with E-state index in [2.05, 4.69) is 65.8 Å². The Bertz CT molecular complexity index is 712. The first kappa shape index (κ1) is 21.4. The number of aliphatic hydroxyl groups is 1. The summed E-state index contributed by atoms with van der Waals surface area (Å²) < 4.78 is 0. The van der Waals surface area contributed by atoms with E-state index in [4.69, 9.17) is 0 Å². The maximum absolute atomic E-state index is 10.2. The molecule has 0 aromatic heterocycles. The predicted octanol–water partition coefficient (Wildman–Crippen LogP) is 7.33. The van der Waals surface area contributed by atoms with Crippen molar-refractivity contribution in [2.45, 2.75) is 92.6 Å². The molecule has 162 valence electrons. The van der Waals surface area contributed by atoms with Gasteiger partial charge in [-0.1, -0.05) is 77.0 Å². The van der Waals surface area contributed by atoms with Crippen LogP contribution in [-0.4, -0.2) is 11.2 Å². The van der Waals surface area contributed by atoms with Gasteiger partial charge in [-0.2, -0.15) is 0 Å². The second-order valence-corrected chi connectivity index (χ2v) is 11.9. The van der Waals surface area contributed by atoms with E-state index in [1.807, 2.05) is 0 Å². The molecule has 0 saturated heterocycles. The Kier molecular flexibility index (Phi) is 5.69. The molecular formula is C28H44O. The van der Waals surface area contributed by atoms with Crippen LogP contribution < -0.4 is 0 Å². The van der Waals surface area contributed by atoms with Gasteiger partial charge in [0.1, 0.15) is 0 Å². The normalized spacial score (nSPS) is 44.0. The van der Waals surface area contributed by atoms with E-state index in [0.29, 0.717) is 22.7 Å². The Morgan fingerprint density at radius 2 is 1.69 bits per heavy atom. The summed E-state index contributed by atoms with van der Waals surface area (Å²) in [7, 11) is 0. The highest BCUT2D eigenvalue weighted by Gasteiger charge is 2.56. The SMILES string of the molecule is CC(C)[C@@H](C)/C=C\[C@H](C)[C@H]1CC[C@H]2C3=CC=C4C[C@@H](O)CC[C@]4(C)[C@@H]3CC[C@]12C. The van der Waals surface area contributed by atoms with Crippen LogP contribution in [0.2, 0.25) is 0 Å². The largest absolute Gasteiger partial charge is 0.393 e. The zero-order valence-corrected chi connectivity index (χ0v) is 19.7. The highest BCUT2D eigenvalue weighted by atomic mass is 16.3. The molecule has 0 aromatic carbocycles. The topological polar surface area (TPSA) is 20.2 Å². The van der Waals surface area contributed by atoms with E-state index in [9.17, 15) is 5.11 Å². The van der Waals surface area contributed by atoms with E-state index >= 15 is 0 Å². The van der Waals surface area contributed by atoms with Gasteiger partial charge in [-0.3, -0.25) is 0 Å². The summed E-state index contributed by atoms with van der Waals surface area (Å²) in [6.07, 6.45) is 18.4. The van der Waals surface area contributed by atoms with Gasteiger partial charge in [0.2, 0.25) is 0 Å². The van der Waals surface area contributed by atoms with Crippen molar-refractivity contribution >= 4 is 0 Å². The first-order valence-electron chi connectivity index (χ1n) is 12.4. The molecule has 3 saturated carbocycles. The van der Waals surface area contributed by atoms with Crippen molar-refractivity contribution in [3.05, 3.63) is 35.5 Å². The maximum Gasteiger partial charge on any atom is 0.0578 e. The van der Waals surface area contributed by atoms with Gasteiger partial charge in [0.15, 0.2) is 0 Å². The lowest BCUT2D eigenvalue weighted by molar-refractivity contribution is 0.0382. The second kappa shape index (κ2) is 7.70. The van der Waals surface area contributed by atoms with Gasteiger partial charge in [0, 0.05) is 0 Å². The molecule has 1 N–H and O–H groups in total. The van der Waals surface area contributed by atoms with Crippen LogP contribution in [0.5, 0.6) is 0 Å². The summed E-state index contributed by atoms with van der Waals surface area (Å²) in [5.74, 6) is 4.38. The van der Waals surface area contributed by atoms with Crippen molar-refractivity contribution in [2.75, 3.05) is 0 Å². The first-order chi connectivity index (χ1) is 13.7. The number of hydrogen-bond acceptors (Lipinski definition) is 1. The summed E-state index contributed by atoms with van der Waals surface area (Å²) in [5, 5.41) is 10.2. The van der Waals surface area contributed by atoms with E-state index < -0.39 is 0 Å². The summed E-state index contributed by atoms with van der Waals surface area (Å²) in [6.45, 7) is 14.6. The molecule has 0 spiro atoms. The van der Waals surface area contributed by atoms with Crippen LogP contribution in [-0.2, 0) is 0 Å². The standard InChI is InChI=1S/C28H44O/c1-18(2)19(3)7-8-20(4)24-11-12-25-23-10-9-21-17-22(29)13-15-27(21,5)26(23)14-16-28(24,25)6/h7-10,18-20,22,24-26,29H,11-17H2,1-6H3/b8-7-/t19-,20-,22-,24+,25-,26+,27-,28+/m0/s1. The van der Waals surface area contributed by atoms with E-state index in [-0.39, 0.29) is 6.10 Å². The van der Waals surface area contributed by atoms with Gasteiger partial charge in [-0.15, -0.1) is 0 Å². The average molecular weight is 397 g/mol. The van der Waals surface area contributed by atoms with Crippen LogP contribution in [0, 0.1) is 46.3 Å². The minimum absolute atomic E-state index is 0.116. The lowest BCUT2D eigenvalue weighted by Gasteiger charge is -2.55. The molecule has 1 heteroatoms. The van der Waals surface area contributed by atoms with Gasteiger partial charge in [-0.05, 0) is 91.3 Å². The molecule has 0 aliphatic heterocycles. The molecule has 0 bridgehead atoms. The Morgan fingerprint density at radius 3 is 2.41 bits per heavy atom. The summed E-state index contributed by atoms with van der Waals surface area (Å²) in [6, 6.07) is 0. The number of allylic oxidation sites excluding steroid dienone is 5. The summed E-state index contributed by atoms with van der Waals surface area (Å²) >= 11 is 0. The van der Waals surface area contributed by atoms with Crippen LogP contribution in [0.15, 0.2) is 35.5 Å². The smallest absolute Gasteiger partial charge is 0.0578 e. The Morgan fingerprint density at radius 1 is 0.931 bits per heavy atom. The molecule has 4 rings (SSSR count). The van der Waals surface area contributed by atoms with Crippen molar-refractivity contribution < 1.29 is 5.11 Å². The molecule has 0 amide bonds. The molecule has 4 aliphatic rings. The lowest BCUT2D eigenvalue weighted by Crippen LogP contribution is -2.46. The van der Waals surface area contributed by atoms with E-state index in [1.54, 1.807) is 5.57 Å². The highest BCUT2D eigenvalue weighted by molar-refractivity contribution is 5.39. The zero-order chi connectivity index (χ0) is 21.0. The van der Waals surface area contributed by atoms with Gasteiger partial charge < -0.3 is 5.11 Å². The molecule has 8 atom stereocenters. The molecule has 4 aliphatic carbocycles. The van der Waals surface area contributed by atoms with Crippen LogP contribution in [0.1, 0.15) is 86.5 Å². The molecule has 0 unspecified atom stereocenters. The van der Waals surface area contributed by atoms with Crippen LogP contribution in [0.4, 0.5) is 0 Å². The van der Waals surface area contributed by atoms with E-state index in [0.717, 1.165) is 36.5 Å². The second-order valence-electron chi connectivity index (χ2n) is 11.9. The van der Waals surface area contributed by atoms with Crippen LogP contribution in [0.3, 0.4) is 0 Å². The number of rotatable bonds is 4. The van der Waals surface area contributed by atoms with Crippen molar-refractivity contribution in [2.24, 2.45) is 46.3 Å². The fourth-order valence-corrected chi connectivity index (χ4v) is 7.59. The first-order valence-corrected chi connectivity index (χ1v) is 12.4.